The molecule has 0 saturated heterocycles. The third kappa shape index (κ3) is 4.06. The maximum atomic E-state index is 10.8. The first-order valence-corrected chi connectivity index (χ1v) is 5.79. The van der Waals surface area contributed by atoms with Gasteiger partial charge in [-0.3, -0.25) is 19.7 Å². The van der Waals surface area contributed by atoms with E-state index in [4.69, 9.17) is 5.11 Å². The lowest BCUT2D eigenvalue weighted by molar-refractivity contribution is -0.387. The normalized spacial score (nSPS) is 9.83. The van der Waals surface area contributed by atoms with E-state index in [0.717, 1.165) is 11.8 Å². The fourth-order valence-corrected chi connectivity index (χ4v) is 1.93. The number of nitrogens with one attached hydrogen (secondary N) is 1. The minimum atomic E-state index is -1.06. The van der Waals surface area contributed by atoms with Crippen molar-refractivity contribution in [3.63, 3.8) is 0 Å². The second-order valence-electron chi connectivity index (χ2n) is 3.30. The number of hydrogen-bond donors (Lipinski definition) is 2. The van der Waals surface area contributed by atoms with Gasteiger partial charge in [-0.1, -0.05) is 0 Å². The Bertz CT molecular complexity index is 503. The van der Waals surface area contributed by atoms with E-state index in [-0.39, 0.29) is 22.2 Å². The molecule has 0 radical (unpaired) electrons. The Hall–Kier alpha value is -2.09. The van der Waals surface area contributed by atoms with Gasteiger partial charge in [-0.2, -0.15) is 0 Å². The number of nitro benzene ring substituents is 1. The number of hydrogen-bond acceptors (Lipinski definition) is 5. The molecule has 0 saturated carbocycles. The number of carboxylic acid groups (broad SMARTS) is 1. The topological polar surface area (TPSA) is 110 Å². The third-order valence-corrected chi connectivity index (χ3v) is 2.87. The number of benzene rings is 1. The van der Waals surface area contributed by atoms with Gasteiger partial charge in [-0.05, 0) is 12.1 Å². The summed E-state index contributed by atoms with van der Waals surface area (Å²) in [6.45, 7) is 1.29. The standard InChI is InChI=1S/C10H10N2O5S/c1-6(13)11-7-2-3-9(18-5-10(14)15)8(4-7)12(16)17/h2-4H,5H2,1H3,(H,11,13)(H,14,15). The number of anilines is 1. The monoisotopic (exact) mass is 270 g/mol. The molecule has 0 heterocycles. The molecule has 18 heavy (non-hydrogen) atoms. The van der Waals surface area contributed by atoms with Crippen molar-refractivity contribution in [3.8, 4) is 0 Å². The summed E-state index contributed by atoms with van der Waals surface area (Å²) in [5.74, 6) is -1.66. The summed E-state index contributed by atoms with van der Waals surface area (Å²) >= 11 is 0.857. The molecule has 0 bridgehead atoms. The summed E-state index contributed by atoms with van der Waals surface area (Å²) in [4.78, 5) is 31.7. The smallest absolute Gasteiger partial charge is 0.313 e. The molecular weight excluding hydrogens is 260 g/mol. The van der Waals surface area contributed by atoms with Crippen molar-refractivity contribution in [2.45, 2.75) is 11.8 Å². The van der Waals surface area contributed by atoms with Gasteiger partial charge in [-0.25, -0.2) is 0 Å². The molecule has 8 heteroatoms. The number of carbonyl (C=O) groups is 2. The minimum Gasteiger partial charge on any atom is -0.481 e. The highest BCUT2D eigenvalue weighted by atomic mass is 32.2. The van der Waals surface area contributed by atoms with Gasteiger partial charge in [0.1, 0.15) is 0 Å². The van der Waals surface area contributed by atoms with Gasteiger partial charge in [0.2, 0.25) is 5.91 Å². The molecule has 0 aliphatic carbocycles. The third-order valence-electron chi connectivity index (χ3n) is 1.83. The molecule has 0 aliphatic heterocycles. The molecule has 0 fully saturated rings. The van der Waals surface area contributed by atoms with E-state index in [2.05, 4.69) is 5.32 Å². The fraction of sp³-hybridized carbons (Fsp3) is 0.200. The van der Waals surface area contributed by atoms with Gasteiger partial charge >= 0.3 is 5.97 Å². The number of carbonyl (C=O) groups excluding carboxylic acids is 1. The van der Waals surface area contributed by atoms with E-state index in [0.29, 0.717) is 5.69 Å². The van der Waals surface area contributed by atoms with E-state index in [1.165, 1.54) is 25.1 Å². The number of thioether (sulfide) groups is 1. The highest BCUT2D eigenvalue weighted by Crippen LogP contribution is 2.31. The largest absolute Gasteiger partial charge is 0.481 e. The number of rotatable bonds is 5. The first-order valence-electron chi connectivity index (χ1n) is 4.80. The van der Waals surface area contributed by atoms with Crippen LogP contribution in [0.15, 0.2) is 23.1 Å². The molecular formula is C10H10N2O5S. The fourth-order valence-electron chi connectivity index (χ4n) is 1.20. The summed E-state index contributed by atoms with van der Waals surface area (Å²) in [6, 6.07) is 4.10. The number of carboxylic acids is 1. The van der Waals surface area contributed by atoms with Crippen molar-refractivity contribution in [2.75, 3.05) is 11.1 Å². The van der Waals surface area contributed by atoms with Crippen molar-refractivity contribution in [2.24, 2.45) is 0 Å². The van der Waals surface area contributed by atoms with E-state index in [9.17, 15) is 19.7 Å². The number of nitro groups is 1. The van der Waals surface area contributed by atoms with Gasteiger partial charge in [0.25, 0.3) is 5.69 Å². The molecule has 1 rings (SSSR count). The van der Waals surface area contributed by atoms with Crippen LogP contribution in [0.2, 0.25) is 0 Å². The molecule has 0 unspecified atom stereocenters. The summed E-state index contributed by atoms with van der Waals surface area (Å²) in [5.41, 5.74) is 0.0707. The molecule has 2 N–H and O–H groups in total. The zero-order valence-electron chi connectivity index (χ0n) is 9.37. The lowest BCUT2D eigenvalue weighted by Crippen LogP contribution is -2.06. The molecule has 0 spiro atoms. The minimum absolute atomic E-state index is 0.229. The first kappa shape index (κ1) is 14.0. The van der Waals surface area contributed by atoms with Gasteiger partial charge in [0.15, 0.2) is 0 Å². The quantitative estimate of drug-likeness (QED) is 0.479. The summed E-state index contributed by atoms with van der Waals surface area (Å²) in [7, 11) is 0. The predicted molar refractivity (Wildman–Crippen MR) is 65.8 cm³/mol. The van der Waals surface area contributed by atoms with Crippen LogP contribution in [0.4, 0.5) is 11.4 Å². The SMILES string of the molecule is CC(=O)Nc1ccc(SCC(=O)O)c([N+](=O)[O-])c1. The van der Waals surface area contributed by atoms with Crippen LogP contribution in [-0.4, -0.2) is 27.7 Å². The second-order valence-corrected chi connectivity index (χ2v) is 4.32. The number of aliphatic carboxylic acids is 1. The average Bonchev–Trinajstić information content (AvgIpc) is 2.26. The molecule has 7 nitrogen and oxygen atoms in total. The maximum absolute atomic E-state index is 10.8. The highest BCUT2D eigenvalue weighted by Gasteiger charge is 2.16. The van der Waals surface area contributed by atoms with Crippen molar-refractivity contribution in [1.82, 2.24) is 0 Å². The zero-order chi connectivity index (χ0) is 13.7. The summed E-state index contributed by atoms with van der Waals surface area (Å²) in [6.07, 6.45) is 0. The second kappa shape index (κ2) is 6.01. The number of amides is 1. The van der Waals surface area contributed by atoms with E-state index < -0.39 is 10.9 Å². The lowest BCUT2D eigenvalue weighted by Gasteiger charge is -2.05. The van der Waals surface area contributed by atoms with Crippen LogP contribution in [0.25, 0.3) is 0 Å². The van der Waals surface area contributed by atoms with Crippen molar-refractivity contribution < 1.29 is 19.6 Å². The van der Waals surface area contributed by atoms with E-state index >= 15 is 0 Å². The zero-order valence-corrected chi connectivity index (χ0v) is 10.2. The van der Waals surface area contributed by atoms with Gasteiger partial charge in [0, 0.05) is 18.7 Å². The Balaban J connectivity index is 3.00. The van der Waals surface area contributed by atoms with Crippen molar-refractivity contribution >= 4 is 35.0 Å². The summed E-state index contributed by atoms with van der Waals surface area (Å²) < 4.78 is 0. The molecule has 0 aromatic heterocycles. The Morgan fingerprint density at radius 3 is 2.67 bits per heavy atom. The van der Waals surface area contributed by atoms with Crippen LogP contribution in [-0.2, 0) is 9.59 Å². The van der Waals surface area contributed by atoms with Gasteiger partial charge in [-0.15, -0.1) is 11.8 Å². The Labute approximate surface area is 106 Å². The lowest BCUT2D eigenvalue weighted by atomic mass is 10.3. The maximum Gasteiger partial charge on any atom is 0.313 e. The van der Waals surface area contributed by atoms with Crippen LogP contribution in [0, 0.1) is 10.1 Å². The van der Waals surface area contributed by atoms with E-state index in [1.807, 2.05) is 0 Å². The Morgan fingerprint density at radius 2 is 2.17 bits per heavy atom. The predicted octanol–water partition coefficient (Wildman–Crippen LogP) is 1.73. The average molecular weight is 270 g/mol. The van der Waals surface area contributed by atoms with E-state index in [1.54, 1.807) is 0 Å². The van der Waals surface area contributed by atoms with Gasteiger partial charge < -0.3 is 10.4 Å². The van der Waals surface area contributed by atoms with Crippen molar-refractivity contribution in [1.29, 1.82) is 0 Å². The molecule has 1 amide bonds. The van der Waals surface area contributed by atoms with Crippen molar-refractivity contribution in [3.05, 3.63) is 28.3 Å². The first-order chi connectivity index (χ1) is 8.40. The molecule has 0 aliphatic rings. The van der Waals surface area contributed by atoms with Crippen LogP contribution in [0.1, 0.15) is 6.92 Å². The number of nitrogens with zero attached hydrogens (tertiary/aromatic N) is 1. The Kier molecular flexibility index (Phi) is 4.67. The highest BCUT2D eigenvalue weighted by molar-refractivity contribution is 8.00. The molecule has 1 aromatic carbocycles. The van der Waals surface area contributed by atoms with Gasteiger partial charge in [0.05, 0.1) is 15.6 Å². The van der Waals surface area contributed by atoms with Crippen LogP contribution in [0.5, 0.6) is 0 Å². The molecule has 0 atom stereocenters. The molecule has 96 valence electrons. The van der Waals surface area contributed by atoms with Crippen LogP contribution < -0.4 is 5.32 Å². The summed E-state index contributed by atoms with van der Waals surface area (Å²) in [5, 5.41) is 21.8. The van der Waals surface area contributed by atoms with Crippen LogP contribution >= 0.6 is 11.8 Å². The molecule has 1 aromatic rings. The van der Waals surface area contributed by atoms with Crippen LogP contribution in [0.3, 0.4) is 0 Å². The Morgan fingerprint density at radius 1 is 1.50 bits per heavy atom.